The molecule has 3 N–H and O–H groups in total. The van der Waals surface area contributed by atoms with Gasteiger partial charge in [-0.05, 0) is 30.9 Å². The third-order valence-corrected chi connectivity index (χ3v) is 3.05. The first-order valence-electron chi connectivity index (χ1n) is 6.34. The second-order valence-electron chi connectivity index (χ2n) is 4.48. The topological polar surface area (TPSA) is 77.2 Å². The van der Waals surface area contributed by atoms with Crippen LogP contribution in [0.5, 0.6) is 0 Å². The Hall–Kier alpha value is -1.46. The van der Waals surface area contributed by atoms with Gasteiger partial charge in [-0.1, -0.05) is 6.07 Å². The van der Waals surface area contributed by atoms with Crippen molar-refractivity contribution in [3.63, 3.8) is 0 Å². The molecule has 5 nitrogen and oxygen atoms in total. The molecule has 0 aliphatic carbocycles. The van der Waals surface area contributed by atoms with Crippen LogP contribution >= 0.6 is 0 Å². The fourth-order valence-corrected chi connectivity index (χ4v) is 1.99. The van der Waals surface area contributed by atoms with Crippen LogP contribution in [0.4, 0.5) is 5.82 Å². The molecule has 2 rings (SSSR count). The zero-order chi connectivity index (χ0) is 12.8. The number of amides is 1. The van der Waals surface area contributed by atoms with Gasteiger partial charge in [0.1, 0.15) is 5.82 Å². The van der Waals surface area contributed by atoms with E-state index in [1.165, 1.54) is 0 Å². The normalized spacial score (nSPS) is 18.8. The van der Waals surface area contributed by atoms with Crippen LogP contribution in [0.3, 0.4) is 0 Å². The maximum atomic E-state index is 11.7. The molecule has 5 heteroatoms. The fourth-order valence-electron chi connectivity index (χ4n) is 1.99. The quantitative estimate of drug-likeness (QED) is 0.827. The molecular formula is C13H19N3O2. The van der Waals surface area contributed by atoms with E-state index in [-0.39, 0.29) is 12.0 Å². The number of carbonyl (C=O) groups excluding carboxylic acids is 1. The Morgan fingerprint density at radius 3 is 3.06 bits per heavy atom. The van der Waals surface area contributed by atoms with Crippen molar-refractivity contribution in [2.75, 3.05) is 11.9 Å². The number of pyridine rings is 1. The van der Waals surface area contributed by atoms with E-state index in [1.54, 1.807) is 12.3 Å². The fraction of sp³-hybridized carbons (Fsp3) is 0.538. The summed E-state index contributed by atoms with van der Waals surface area (Å²) in [5.74, 6) is 0.558. The standard InChI is InChI=1S/C13H19N3O2/c14-8-10-3-5-12(15-9-10)16-13(17)6-4-11-2-1-7-18-11/h3,5,9,11H,1-2,4,6-8,14H2,(H,15,16,17). The molecule has 0 spiro atoms. The third kappa shape index (κ3) is 3.78. The van der Waals surface area contributed by atoms with Crippen molar-refractivity contribution < 1.29 is 9.53 Å². The van der Waals surface area contributed by atoms with Crippen molar-refractivity contribution in [3.8, 4) is 0 Å². The molecule has 0 bridgehead atoms. The molecule has 1 aliphatic heterocycles. The summed E-state index contributed by atoms with van der Waals surface area (Å²) >= 11 is 0. The number of anilines is 1. The van der Waals surface area contributed by atoms with E-state index in [2.05, 4.69) is 10.3 Å². The first-order chi connectivity index (χ1) is 8.78. The number of hydrogen-bond donors (Lipinski definition) is 2. The first kappa shape index (κ1) is 13.0. The number of rotatable bonds is 5. The predicted molar refractivity (Wildman–Crippen MR) is 69.0 cm³/mol. The van der Waals surface area contributed by atoms with E-state index in [0.29, 0.717) is 18.8 Å². The molecule has 98 valence electrons. The van der Waals surface area contributed by atoms with Gasteiger partial charge in [-0.25, -0.2) is 4.98 Å². The Morgan fingerprint density at radius 1 is 1.56 bits per heavy atom. The first-order valence-corrected chi connectivity index (χ1v) is 6.34. The van der Waals surface area contributed by atoms with Crippen LogP contribution in [0.15, 0.2) is 18.3 Å². The third-order valence-electron chi connectivity index (χ3n) is 3.05. The number of nitrogens with zero attached hydrogens (tertiary/aromatic N) is 1. The van der Waals surface area contributed by atoms with E-state index >= 15 is 0 Å². The minimum atomic E-state index is -0.0153. The zero-order valence-electron chi connectivity index (χ0n) is 10.4. The smallest absolute Gasteiger partial charge is 0.225 e. The maximum Gasteiger partial charge on any atom is 0.225 e. The Labute approximate surface area is 107 Å². The zero-order valence-corrected chi connectivity index (χ0v) is 10.4. The highest BCUT2D eigenvalue weighted by Gasteiger charge is 2.16. The number of aromatic nitrogens is 1. The van der Waals surface area contributed by atoms with Crippen LogP contribution < -0.4 is 11.1 Å². The number of carbonyl (C=O) groups is 1. The number of nitrogens with two attached hydrogens (primary N) is 1. The van der Waals surface area contributed by atoms with Gasteiger partial charge in [0.2, 0.25) is 5.91 Å². The lowest BCUT2D eigenvalue weighted by atomic mass is 10.1. The van der Waals surface area contributed by atoms with E-state index in [1.807, 2.05) is 6.07 Å². The summed E-state index contributed by atoms with van der Waals surface area (Å²) in [5, 5.41) is 2.77. The highest BCUT2D eigenvalue weighted by atomic mass is 16.5. The molecule has 1 aromatic heterocycles. The number of hydrogen-bond acceptors (Lipinski definition) is 4. The lowest BCUT2D eigenvalue weighted by Crippen LogP contribution is -2.16. The number of nitrogens with one attached hydrogen (secondary N) is 1. The van der Waals surface area contributed by atoms with E-state index in [4.69, 9.17) is 10.5 Å². The molecule has 1 saturated heterocycles. The van der Waals surface area contributed by atoms with Gasteiger partial charge in [0.25, 0.3) is 0 Å². The average molecular weight is 249 g/mol. The Bertz CT molecular complexity index is 386. The van der Waals surface area contributed by atoms with E-state index in [0.717, 1.165) is 31.4 Å². The molecule has 2 heterocycles. The van der Waals surface area contributed by atoms with Crippen LogP contribution in [-0.2, 0) is 16.1 Å². The molecule has 1 aliphatic rings. The van der Waals surface area contributed by atoms with Gasteiger partial charge in [-0.15, -0.1) is 0 Å². The molecule has 0 radical (unpaired) electrons. The summed E-state index contributed by atoms with van der Waals surface area (Å²) in [6.07, 6.45) is 5.36. The van der Waals surface area contributed by atoms with Gasteiger partial charge in [0.15, 0.2) is 0 Å². The van der Waals surface area contributed by atoms with Crippen molar-refractivity contribution in [1.29, 1.82) is 0 Å². The molecule has 1 amide bonds. The van der Waals surface area contributed by atoms with Crippen molar-refractivity contribution in [3.05, 3.63) is 23.9 Å². The molecule has 0 aromatic carbocycles. The van der Waals surface area contributed by atoms with E-state index < -0.39 is 0 Å². The van der Waals surface area contributed by atoms with Crippen LogP contribution in [-0.4, -0.2) is 23.6 Å². The van der Waals surface area contributed by atoms with Gasteiger partial charge in [0.05, 0.1) is 6.10 Å². The van der Waals surface area contributed by atoms with Gasteiger partial charge < -0.3 is 15.8 Å². The molecule has 0 saturated carbocycles. The minimum Gasteiger partial charge on any atom is -0.378 e. The Balaban J connectivity index is 1.75. The average Bonchev–Trinajstić information content (AvgIpc) is 2.90. The van der Waals surface area contributed by atoms with Crippen molar-refractivity contribution in [1.82, 2.24) is 4.98 Å². The largest absolute Gasteiger partial charge is 0.378 e. The maximum absolute atomic E-state index is 11.7. The number of ether oxygens (including phenoxy) is 1. The summed E-state index contributed by atoms with van der Waals surface area (Å²) in [6.45, 7) is 1.29. The predicted octanol–water partition coefficient (Wildman–Crippen LogP) is 1.44. The second-order valence-corrected chi connectivity index (χ2v) is 4.48. The van der Waals surface area contributed by atoms with Gasteiger partial charge in [-0.3, -0.25) is 4.79 Å². The van der Waals surface area contributed by atoms with Crippen molar-refractivity contribution in [2.24, 2.45) is 5.73 Å². The van der Waals surface area contributed by atoms with Crippen molar-refractivity contribution in [2.45, 2.75) is 38.3 Å². The molecule has 1 unspecified atom stereocenters. The summed E-state index contributed by atoms with van der Waals surface area (Å²) < 4.78 is 5.47. The van der Waals surface area contributed by atoms with Crippen LogP contribution in [0.25, 0.3) is 0 Å². The molecule has 1 fully saturated rings. The molecule has 1 aromatic rings. The van der Waals surface area contributed by atoms with Crippen molar-refractivity contribution >= 4 is 11.7 Å². The summed E-state index contributed by atoms with van der Waals surface area (Å²) in [5.41, 5.74) is 6.43. The summed E-state index contributed by atoms with van der Waals surface area (Å²) in [7, 11) is 0. The Kier molecular flexibility index (Phi) is 4.66. The summed E-state index contributed by atoms with van der Waals surface area (Å²) in [6, 6.07) is 3.63. The molecule has 1 atom stereocenters. The molecule has 18 heavy (non-hydrogen) atoms. The summed E-state index contributed by atoms with van der Waals surface area (Å²) in [4.78, 5) is 15.8. The lowest BCUT2D eigenvalue weighted by molar-refractivity contribution is -0.116. The van der Waals surface area contributed by atoms with Gasteiger partial charge in [0, 0.05) is 25.8 Å². The second kappa shape index (κ2) is 6.47. The van der Waals surface area contributed by atoms with Gasteiger partial charge >= 0.3 is 0 Å². The lowest BCUT2D eigenvalue weighted by Gasteiger charge is -2.09. The van der Waals surface area contributed by atoms with Crippen LogP contribution in [0.1, 0.15) is 31.2 Å². The minimum absolute atomic E-state index is 0.0153. The highest BCUT2D eigenvalue weighted by Crippen LogP contribution is 2.17. The molecular weight excluding hydrogens is 230 g/mol. The van der Waals surface area contributed by atoms with Crippen LogP contribution in [0, 0.1) is 0 Å². The van der Waals surface area contributed by atoms with E-state index in [9.17, 15) is 4.79 Å². The monoisotopic (exact) mass is 249 g/mol. The highest BCUT2D eigenvalue weighted by molar-refractivity contribution is 5.89. The van der Waals surface area contributed by atoms with Gasteiger partial charge in [-0.2, -0.15) is 0 Å². The SMILES string of the molecule is NCc1ccc(NC(=O)CCC2CCCO2)nc1. The Morgan fingerprint density at radius 2 is 2.44 bits per heavy atom. The van der Waals surface area contributed by atoms with Crippen LogP contribution in [0.2, 0.25) is 0 Å².